The second kappa shape index (κ2) is 6.10. The van der Waals surface area contributed by atoms with Crippen molar-refractivity contribution in [2.45, 2.75) is 26.8 Å². The first-order chi connectivity index (χ1) is 10.6. The third-order valence-corrected chi connectivity index (χ3v) is 3.82. The summed E-state index contributed by atoms with van der Waals surface area (Å²) in [6.07, 6.45) is 0. The predicted octanol–water partition coefficient (Wildman–Crippen LogP) is 4.65. The van der Waals surface area contributed by atoms with Gasteiger partial charge >= 0.3 is 0 Å². The highest BCUT2D eigenvalue weighted by Gasteiger charge is 2.24. The molecule has 0 bridgehead atoms. The van der Waals surface area contributed by atoms with Gasteiger partial charge in [0.15, 0.2) is 0 Å². The SMILES string of the molecule is CC1=NN(c2ccccc2)CC1/N=N/c1ccc(C)cc1C. The van der Waals surface area contributed by atoms with E-state index in [9.17, 15) is 0 Å². The summed E-state index contributed by atoms with van der Waals surface area (Å²) >= 11 is 0. The fraction of sp³-hybridized carbons (Fsp3) is 0.278. The Bertz CT molecular complexity index is 719. The summed E-state index contributed by atoms with van der Waals surface area (Å²) in [5.74, 6) is 0. The molecule has 2 aromatic carbocycles. The first-order valence-corrected chi connectivity index (χ1v) is 7.49. The van der Waals surface area contributed by atoms with Crippen molar-refractivity contribution in [2.75, 3.05) is 11.6 Å². The van der Waals surface area contributed by atoms with Crippen LogP contribution in [-0.4, -0.2) is 18.3 Å². The molecule has 0 saturated carbocycles. The van der Waals surface area contributed by atoms with E-state index in [1.165, 1.54) is 5.56 Å². The van der Waals surface area contributed by atoms with Gasteiger partial charge in [0.25, 0.3) is 0 Å². The molecule has 3 rings (SSSR count). The van der Waals surface area contributed by atoms with Crippen LogP contribution in [0.3, 0.4) is 0 Å². The van der Waals surface area contributed by atoms with E-state index in [0.29, 0.717) is 0 Å². The molecule has 112 valence electrons. The van der Waals surface area contributed by atoms with Gasteiger partial charge in [0, 0.05) is 0 Å². The molecule has 2 aromatic rings. The van der Waals surface area contributed by atoms with Crippen LogP contribution < -0.4 is 5.01 Å². The van der Waals surface area contributed by atoms with Crippen molar-refractivity contribution in [3.8, 4) is 0 Å². The first-order valence-electron chi connectivity index (χ1n) is 7.49. The molecule has 0 aliphatic carbocycles. The Labute approximate surface area is 131 Å². The molecule has 1 aliphatic heterocycles. The average Bonchev–Trinajstić information content (AvgIpc) is 2.88. The Kier molecular flexibility index (Phi) is 4.00. The van der Waals surface area contributed by atoms with Crippen molar-refractivity contribution in [2.24, 2.45) is 15.3 Å². The number of anilines is 1. The van der Waals surface area contributed by atoms with E-state index in [1.807, 2.05) is 36.2 Å². The van der Waals surface area contributed by atoms with Gasteiger partial charge in [0.1, 0.15) is 6.04 Å². The quantitative estimate of drug-likeness (QED) is 0.759. The lowest BCUT2D eigenvalue weighted by atomic mass is 10.1. The monoisotopic (exact) mass is 292 g/mol. The van der Waals surface area contributed by atoms with E-state index in [2.05, 4.69) is 53.4 Å². The summed E-state index contributed by atoms with van der Waals surface area (Å²) in [6, 6.07) is 16.4. The van der Waals surface area contributed by atoms with Gasteiger partial charge in [-0.25, -0.2) is 0 Å². The minimum absolute atomic E-state index is 0.0147. The number of nitrogens with zero attached hydrogens (tertiary/aromatic N) is 4. The molecule has 4 nitrogen and oxygen atoms in total. The van der Waals surface area contributed by atoms with Crippen molar-refractivity contribution in [3.63, 3.8) is 0 Å². The number of aryl methyl sites for hydroxylation is 2. The zero-order valence-electron chi connectivity index (χ0n) is 13.2. The van der Waals surface area contributed by atoms with Crippen LogP contribution in [0.5, 0.6) is 0 Å². The van der Waals surface area contributed by atoms with Crippen LogP contribution in [0, 0.1) is 13.8 Å². The molecule has 22 heavy (non-hydrogen) atoms. The molecule has 0 amide bonds. The number of hydrazone groups is 1. The number of hydrogen-bond donors (Lipinski definition) is 0. The topological polar surface area (TPSA) is 40.3 Å². The van der Waals surface area contributed by atoms with Gasteiger partial charge in [-0.3, -0.25) is 5.01 Å². The van der Waals surface area contributed by atoms with Crippen molar-refractivity contribution < 1.29 is 0 Å². The van der Waals surface area contributed by atoms with Crippen LogP contribution >= 0.6 is 0 Å². The highest BCUT2D eigenvalue weighted by atomic mass is 15.5. The number of rotatable bonds is 3. The molecule has 0 fully saturated rings. The smallest absolute Gasteiger partial charge is 0.130 e. The van der Waals surface area contributed by atoms with Crippen molar-refractivity contribution >= 4 is 17.1 Å². The van der Waals surface area contributed by atoms with E-state index < -0.39 is 0 Å². The van der Waals surface area contributed by atoms with E-state index in [4.69, 9.17) is 0 Å². The molecule has 4 heteroatoms. The Balaban J connectivity index is 1.74. The maximum atomic E-state index is 4.59. The summed E-state index contributed by atoms with van der Waals surface area (Å²) in [6.45, 7) is 6.89. The highest BCUT2D eigenvalue weighted by Crippen LogP contribution is 2.23. The molecular formula is C18H20N4. The Morgan fingerprint density at radius 2 is 1.82 bits per heavy atom. The van der Waals surface area contributed by atoms with Gasteiger partial charge in [0.05, 0.1) is 23.6 Å². The summed E-state index contributed by atoms with van der Waals surface area (Å²) in [7, 11) is 0. The lowest BCUT2D eigenvalue weighted by Gasteiger charge is -2.13. The van der Waals surface area contributed by atoms with Crippen LogP contribution in [0.2, 0.25) is 0 Å². The lowest BCUT2D eigenvalue weighted by molar-refractivity contribution is 0.797. The third-order valence-electron chi connectivity index (χ3n) is 3.82. The number of para-hydroxylation sites is 1. The molecule has 1 aliphatic rings. The Hall–Kier alpha value is -2.49. The summed E-state index contributed by atoms with van der Waals surface area (Å²) < 4.78 is 0. The minimum Gasteiger partial charge on any atom is -0.263 e. The van der Waals surface area contributed by atoms with E-state index in [1.54, 1.807) is 0 Å². The molecule has 0 spiro atoms. The molecule has 0 radical (unpaired) electrons. The molecule has 1 heterocycles. The van der Waals surface area contributed by atoms with Crippen molar-refractivity contribution in [1.82, 2.24) is 0 Å². The van der Waals surface area contributed by atoms with Crippen molar-refractivity contribution in [1.29, 1.82) is 0 Å². The van der Waals surface area contributed by atoms with Crippen LogP contribution in [0.4, 0.5) is 11.4 Å². The van der Waals surface area contributed by atoms with Crippen LogP contribution in [-0.2, 0) is 0 Å². The van der Waals surface area contributed by atoms with Gasteiger partial charge in [-0.1, -0.05) is 35.9 Å². The van der Waals surface area contributed by atoms with Gasteiger partial charge in [0.2, 0.25) is 0 Å². The maximum Gasteiger partial charge on any atom is 0.130 e. The van der Waals surface area contributed by atoms with Crippen molar-refractivity contribution in [3.05, 3.63) is 59.7 Å². The molecular weight excluding hydrogens is 272 g/mol. The summed E-state index contributed by atoms with van der Waals surface area (Å²) in [5, 5.41) is 15.5. The second-order valence-electron chi connectivity index (χ2n) is 5.68. The highest BCUT2D eigenvalue weighted by molar-refractivity contribution is 5.91. The summed E-state index contributed by atoms with van der Waals surface area (Å²) in [4.78, 5) is 0. The average molecular weight is 292 g/mol. The zero-order chi connectivity index (χ0) is 15.5. The largest absolute Gasteiger partial charge is 0.263 e. The normalized spacial score (nSPS) is 18.0. The van der Waals surface area contributed by atoms with Gasteiger partial charge in [-0.05, 0) is 44.5 Å². The number of hydrogen-bond acceptors (Lipinski definition) is 4. The van der Waals surface area contributed by atoms with Crippen LogP contribution in [0.1, 0.15) is 18.1 Å². The van der Waals surface area contributed by atoms with E-state index in [-0.39, 0.29) is 6.04 Å². The van der Waals surface area contributed by atoms with Gasteiger partial charge < -0.3 is 0 Å². The van der Waals surface area contributed by atoms with Crippen LogP contribution in [0.25, 0.3) is 0 Å². The van der Waals surface area contributed by atoms with Gasteiger partial charge in [-0.2, -0.15) is 15.3 Å². The van der Waals surface area contributed by atoms with Crippen LogP contribution in [0.15, 0.2) is 63.9 Å². The van der Waals surface area contributed by atoms with E-state index in [0.717, 1.165) is 29.2 Å². The fourth-order valence-corrected chi connectivity index (χ4v) is 2.53. The number of benzene rings is 2. The number of azo groups is 1. The molecule has 1 atom stereocenters. The lowest BCUT2D eigenvalue weighted by Crippen LogP contribution is -2.21. The predicted molar refractivity (Wildman–Crippen MR) is 91.1 cm³/mol. The second-order valence-corrected chi connectivity index (χ2v) is 5.68. The Morgan fingerprint density at radius 3 is 2.55 bits per heavy atom. The van der Waals surface area contributed by atoms with E-state index >= 15 is 0 Å². The summed E-state index contributed by atoms with van der Waals surface area (Å²) in [5.41, 5.74) is 5.40. The molecule has 0 aromatic heterocycles. The standard InChI is InChI=1S/C18H20N4/c1-13-9-10-17(14(2)11-13)19-20-18-12-22(21-15(18)3)16-7-5-4-6-8-16/h4-11,18H,12H2,1-3H3/b20-19+. The fourth-order valence-electron chi connectivity index (χ4n) is 2.53. The van der Waals surface area contributed by atoms with Gasteiger partial charge in [-0.15, -0.1) is 0 Å². The zero-order valence-corrected chi connectivity index (χ0v) is 13.2. The first kappa shape index (κ1) is 14.4. The molecule has 0 saturated heterocycles. The minimum atomic E-state index is 0.0147. The molecule has 1 unspecified atom stereocenters. The maximum absolute atomic E-state index is 4.59. The Morgan fingerprint density at radius 1 is 1.05 bits per heavy atom. The molecule has 0 N–H and O–H groups in total. The third kappa shape index (κ3) is 3.06.